The SMILES string of the molecule is N#Cc1c(F)cccc1Nc1cc(Cl)nc(-c2ccc(C(F)(F)F)cc2)n1. The molecule has 1 N–H and O–H groups in total. The van der Waals surface area contributed by atoms with Crippen LogP contribution in [-0.4, -0.2) is 9.97 Å². The predicted octanol–water partition coefficient (Wildman–Crippen LogP) is 5.57. The van der Waals surface area contributed by atoms with Gasteiger partial charge in [0.1, 0.15) is 28.4 Å². The number of rotatable bonds is 3. The number of nitrogens with zero attached hydrogens (tertiary/aromatic N) is 3. The smallest absolute Gasteiger partial charge is 0.339 e. The molecule has 2 aromatic carbocycles. The molecular formula is C18H9ClF4N4. The zero-order chi connectivity index (χ0) is 19.6. The Balaban J connectivity index is 1.96. The molecule has 4 nitrogen and oxygen atoms in total. The molecule has 1 heterocycles. The van der Waals surface area contributed by atoms with Gasteiger partial charge in [-0.2, -0.15) is 18.4 Å². The van der Waals surface area contributed by atoms with Crippen molar-refractivity contribution in [2.24, 2.45) is 0 Å². The molecule has 0 radical (unpaired) electrons. The molecule has 136 valence electrons. The fourth-order valence-electron chi connectivity index (χ4n) is 2.30. The van der Waals surface area contributed by atoms with Crippen LogP contribution in [0.25, 0.3) is 11.4 Å². The lowest BCUT2D eigenvalue weighted by molar-refractivity contribution is -0.137. The lowest BCUT2D eigenvalue weighted by atomic mass is 10.1. The average molecular weight is 393 g/mol. The largest absolute Gasteiger partial charge is 0.416 e. The van der Waals surface area contributed by atoms with E-state index < -0.39 is 17.6 Å². The molecule has 9 heteroatoms. The maximum atomic E-state index is 13.7. The number of halogens is 5. The van der Waals surface area contributed by atoms with Gasteiger partial charge in [0.25, 0.3) is 0 Å². The quantitative estimate of drug-likeness (QED) is 0.467. The highest BCUT2D eigenvalue weighted by atomic mass is 35.5. The van der Waals surface area contributed by atoms with Gasteiger partial charge in [-0.3, -0.25) is 0 Å². The lowest BCUT2D eigenvalue weighted by Crippen LogP contribution is -2.04. The van der Waals surface area contributed by atoms with Crippen molar-refractivity contribution in [2.75, 3.05) is 5.32 Å². The van der Waals surface area contributed by atoms with Crippen LogP contribution >= 0.6 is 11.6 Å². The van der Waals surface area contributed by atoms with E-state index >= 15 is 0 Å². The fourth-order valence-corrected chi connectivity index (χ4v) is 2.48. The average Bonchev–Trinajstić information content (AvgIpc) is 2.61. The van der Waals surface area contributed by atoms with Gasteiger partial charge in [0.15, 0.2) is 5.82 Å². The molecule has 1 aromatic heterocycles. The number of benzene rings is 2. The molecule has 0 amide bonds. The third kappa shape index (κ3) is 4.15. The lowest BCUT2D eigenvalue weighted by Gasteiger charge is -2.10. The summed E-state index contributed by atoms with van der Waals surface area (Å²) in [5, 5.41) is 11.9. The molecule has 0 aliphatic carbocycles. The highest BCUT2D eigenvalue weighted by Crippen LogP contribution is 2.31. The van der Waals surface area contributed by atoms with E-state index in [1.54, 1.807) is 6.07 Å². The van der Waals surface area contributed by atoms with Gasteiger partial charge in [-0.15, -0.1) is 0 Å². The van der Waals surface area contributed by atoms with Crippen molar-refractivity contribution in [2.45, 2.75) is 6.18 Å². The van der Waals surface area contributed by atoms with Crippen molar-refractivity contribution in [1.82, 2.24) is 9.97 Å². The monoisotopic (exact) mass is 392 g/mol. The van der Waals surface area contributed by atoms with Gasteiger partial charge in [-0.25, -0.2) is 14.4 Å². The van der Waals surface area contributed by atoms with Crippen LogP contribution < -0.4 is 5.32 Å². The first-order chi connectivity index (χ1) is 12.8. The van der Waals surface area contributed by atoms with Crippen molar-refractivity contribution in [3.63, 3.8) is 0 Å². The molecule has 0 saturated heterocycles. The van der Waals surface area contributed by atoms with Crippen LogP contribution in [0.1, 0.15) is 11.1 Å². The maximum Gasteiger partial charge on any atom is 0.416 e. The Morgan fingerprint density at radius 2 is 1.74 bits per heavy atom. The minimum absolute atomic E-state index is 0.0253. The van der Waals surface area contributed by atoms with Crippen molar-refractivity contribution in [3.05, 3.63) is 70.6 Å². The van der Waals surface area contributed by atoms with Gasteiger partial charge < -0.3 is 5.32 Å². The Morgan fingerprint density at radius 1 is 1.04 bits per heavy atom. The Bertz CT molecular complexity index is 1030. The molecule has 0 fully saturated rings. The summed E-state index contributed by atoms with van der Waals surface area (Å²) < 4.78 is 51.7. The van der Waals surface area contributed by atoms with Crippen molar-refractivity contribution < 1.29 is 17.6 Å². The molecule has 0 unspecified atom stereocenters. The number of nitrogens with one attached hydrogen (secondary N) is 1. The Hall–Kier alpha value is -3.18. The van der Waals surface area contributed by atoms with Gasteiger partial charge >= 0.3 is 6.18 Å². The number of aromatic nitrogens is 2. The van der Waals surface area contributed by atoms with Crippen LogP contribution in [-0.2, 0) is 6.18 Å². The Labute approximate surface area is 156 Å². The second kappa shape index (κ2) is 7.21. The molecule has 0 atom stereocenters. The van der Waals surface area contributed by atoms with E-state index in [2.05, 4.69) is 15.3 Å². The second-order valence-corrected chi connectivity index (χ2v) is 5.76. The van der Waals surface area contributed by atoms with E-state index in [0.717, 1.165) is 18.2 Å². The summed E-state index contributed by atoms with van der Waals surface area (Å²) in [5.74, 6) is -0.466. The summed E-state index contributed by atoms with van der Waals surface area (Å²) in [7, 11) is 0. The minimum Gasteiger partial charge on any atom is -0.339 e. The van der Waals surface area contributed by atoms with E-state index in [1.807, 2.05) is 0 Å². The minimum atomic E-state index is -4.45. The van der Waals surface area contributed by atoms with Gasteiger partial charge in [0.2, 0.25) is 0 Å². The molecule has 3 rings (SSSR count). The van der Waals surface area contributed by atoms with E-state index in [0.29, 0.717) is 5.56 Å². The molecule has 0 aliphatic rings. The van der Waals surface area contributed by atoms with Gasteiger partial charge in [-0.05, 0) is 24.3 Å². The third-order valence-corrected chi connectivity index (χ3v) is 3.75. The first-order valence-corrected chi connectivity index (χ1v) is 7.83. The molecule has 0 bridgehead atoms. The highest BCUT2D eigenvalue weighted by Gasteiger charge is 2.30. The second-order valence-electron chi connectivity index (χ2n) is 5.37. The number of alkyl halides is 3. The summed E-state index contributed by atoms with van der Waals surface area (Å²) in [6.07, 6.45) is -4.45. The van der Waals surface area contributed by atoms with Gasteiger partial charge in [-0.1, -0.05) is 29.8 Å². The summed E-state index contributed by atoms with van der Waals surface area (Å²) in [6, 6.07) is 11.4. The molecule has 0 saturated carbocycles. The summed E-state index contributed by atoms with van der Waals surface area (Å²) in [4.78, 5) is 8.17. The zero-order valence-electron chi connectivity index (χ0n) is 13.4. The molecular weight excluding hydrogens is 384 g/mol. The summed E-state index contributed by atoms with van der Waals surface area (Å²) >= 11 is 5.96. The first-order valence-electron chi connectivity index (χ1n) is 7.46. The van der Waals surface area contributed by atoms with Crippen LogP contribution in [0.2, 0.25) is 5.15 Å². The number of hydrogen-bond acceptors (Lipinski definition) is 4. The van der Waals surface area contributed by atoms with E-state index in [1.165, 1.54) is 30.3 Å². The van der Waals surface area contributed by atoms with Crippen LogP contribution in [0.4, 0.5) is 29.1 Å². The van der Waals surface area contributed by atoms with Crippen LogP contribution in [0.15, 0.2) is 48.5 Å². The van der Waals surface area contributed by atoms with E-state index in [9.17, 15) is 17.6 Å². The Kier molecular flexibility index (Phi) is 4.97. The van der Waals surface area contributed by atoms with Crippen LogP contribution in [0.3, 0.4) is 0 Å². The normalized spacial score (nSPS) is 11.1. The van der Waals surface area contributed by atoms with Crippen LogP contribution in [0, 0.1) is 17.1 Å². The highest BCUT2D eigenvalue weighted by molar-refractivity contribution is 6.29. The van der Waals surface area contributed by atoms with Crippen molar-refractivity contribution in [3.8, 4) is 17.5 Å². The molecule has 27 heavy (non-hydrogen) atoms. The number of hydrogen-bond donors (Lipinski definition) is 1. The summed E-state index contributed by atoms with van der Waals surface area (Å²) in [6.45, 7) is 0. The van der Waals surface area contributed by atoms with Crippen LogP contribution in [0.5, 0.6) is 0 Å². The van der Waals surface area contributed by atoms with Gasteiger partial charge in [0, 0.05) is 11.6 Å². The zero-order valence-corrected chi connectivity index (χ0v) is 14.1. The fraction of sp³-hybridized carbons (Fsp3) is 0.0556. The Morgan fingerprint density at radius 3 is 2.37 bits per heavy atom. The molecule has 0 aliphatic heterocycles. The molecule has 0 spiro atoms. The predicted molar refractivity (Wildman–Crippen MR) is 91.9 cm³/mol. The molecule has 3 aromatic rings. The van der Waals surface area contributed by atoms with Gasteiger partial charge in [0.05, 0.1) is 11.3 Å². The van der Waals surface area contributed by atoms with Crippen molar-refractivity contribution in [1.29, 1.82) is 5.26 Å². The standard InChI is InChI=1S/C18H9ClF4N4/c19-15-8-16(25-14-3-1-2-13(20)12(14)9-24)27-17(26-15)10-4-6-11(7-5-10)18(21,22)23/h1-8H,(H,25,26,27). The third-order valence-electron chi connectivity index (χ3n) is 3.55. The topological polar surface area (TPSA) is 61.6 Å². The first kappa shape index (κ1) is 18.6. The summed E-state index contributed by atoms with van der Waals surface area (Å²) in [5.41, 5.74) is -0.521. The van der Waals surface area contributed by atoms with E-state index in [4.69, 9.17) is 16.9 Å². The number of nitriles is 1. The maximum absolute atomic E-state index is 13.7. The number of anilines is 2. The van der Waals surface area contributed by atoms with E-state index in [-0.39, 0.29) is 28.0 Å². The van der Waals surface area contributed by atoms with Crippen molar-refractivity contribution >= 4 is 23.1 Å².